The summed E-state index contributed by atoms with van der Waals surface area (Å²) in [6, 6.07) is 2.68. The first-order valence-corrected chi connectivity index (χ1v) is 14.6. The molecule has 1 fully saturated rings. The number of rotatable bonds is 9. The quantitative estimate of drug-likeness (QED) is 0.426. The van der Waals surface area contributed by atoms with Gasteiger partial charge in [0.15, 0.2) is 5.82 Å². The van der Waals surface area contributed by atoms with E-state index in [1.807, 2.05) is 0 Å². The molecule has 0 saturated carbocycles. The molecule has 1 aliphatic rings. The monoisotopic (exact) mass is 578 g/mol. The largest absolute Gasteiger partial charge is 0.450 e. The van der Waals surface area contributed by atoms with E-state index in [1.165, 1.54) is 31.0 Å². The molecule has 1 saturated heterocycles. The molecule has 1 aromatic heterocycles. The Labute approximate surface area is 219 Å². The van der Waals surface area contributed by atoms with Crippen molar-refractivity contribution in [3.63, 3.8) is 0 Å². The number of hydrogen-bond donors (Lipinski definition) is 2. The van der Waals surface area contributed by atoms with Crippen LogP contribution in [-0.2, 0) is 36.1 Å². The highest BCUT2D eigenvalue weighted by Crippen LogP contribution is 2.25. The maximum absolute atomic E-state index is 15.3. The minimum Gasteiger partial charge on any atom is -0.450 e. The van der Waals surface area contributed by atoms with Gasteiger partial charge in [0.25, 0.3) is 16.0 Å². The standard InChI is InChI=1S/C22H28F2N4O8S2/c1-5-35-22(30)28-9-14(12-36-37(4,31)32)17(10-28)26-38(33,34)18-11-27(3)20(19(18)24)21(29)25-15-6-7-16(23)13(2)8-15/h6-8,11,14,17,26H,5,9-10,12H2,1-4H3,(H,25,29)/t14-,17-/m0/s1. The Morgan fingerprint density at radius 3 is 2.45 bits per heavy atom. The van der Waals surface area contributed by atoms with Gasteiger partial charge in [-0.15, -0.1) is 0 Å². The van der Waals surface area contributed by atoms with E-state index in [-0.39, 0.29) is 30.9 Å². The third-order valence-corrected chi connectivity index (χ3v) is 7.82. The van der Waals surface area contributed by atoms with Crippen LogP contribution < -0.4 is 10.0 Å². The van der Waals surface area contributed by atoms with E-state index in [0.29, 0.717) is 0 Å². The number of likely N-dealkylation sites (tertiary alicyclic amines) is 1. The van der Waals surface area contributed by atoms with Gasteiger partial charge in [0.2, 0.25) is 10.0 Å². The molecule has 2 atom stereocenters. The zero-order valence-electron chi connectivity index (χ0n) is 21.0. The van der Waals surface area contributed by atoms with Crippen LogP contribution >= 0.6 is 0 Å². The van der Waals surface area contributed by atoms with Crippen molar-refractivity contribution in [1.82, 2.24) is 14.2 Å². The highest BCUT2D eigenvalue weighted by atomic mass is 32.2. The summed E-state index contributed by atoms with van der Waals surface area (Å²) in [4.78, 5) is 25.3. The molecule has 2 aromatic rings. The number of benzene rings is 1. The minimum absolute atomic E-state index is 0.0633. The molecule has 0 bridgehead atoms. The topological polar surface area (TPSA) is 153 Å². The molecule has 0 aliphatic carbocycles. The van der Waals surface area contributed by atoms with Gasteiger partial charge in [-0.3, -0.25) is 8.98 Å². The number of aromatic nitrogens is 1. The van der Waals surface area contributed by atoms with Crippen molar-refractivity contribution in [2.24, 2.45) is 13.0 Å². The number of halogens is 2. The number of carbonyl (C=O) groups excluding carboxylic acids is 2. The van der Waals surface area contributed by atoms with Crippen LogP contribution in [0.3, 0.4) is 0 Å². The van der Waals surface area contributed by atoms with Crippen molar-refractivity contribution < 1.29 is 44.1 Å². The van der Waals surface area contributed by atoms with Gasteiger partial charge in [-0.25, -0.2) is 26.7 Å². The van der Waals surface area contributed by atoms with E-state index in [9.17, 15) is 30.8 Å². The molecular weight excluding hydrogens is 550 g/mol. The SMILES string of the molecule is CCOC(=O)N1C[C@@H](COS(C)(=O)=O)[C@@H](NS(=O)(=O)c2cn(C)c(C(=O)Nc3ccc(F)c(C)c3)c2F)C1. The van der Waals surface area contributed by atoms with Crippen LogP contribution in [0.1, 0.15) is 23.0 Å². The summed E-state index contributed by atoms with van der Waals surface area (Å²) in [6.45, 7) is 2.41. The number of nitrogens with zero attached hydrogens (tertiary/aromatic N) is 2. The van der Waals surface area contributed by atoms with Gasteiger partial charge in [0, 0.05) is 44.0 Å². The van der Waals surface area contributed by atoms with E-state index in [1.54, 1.807) is 6.92 Å². The van der Waals surface area contributed by atoms with Crippen molar-refractivity contribution in [3.05, 3.63) is 47.3 Å². The molecule has 3 rings (SSSR count). The molecule has 16 heteroatoms. The second-order valence-corrected chi connectivity index (χ2v) is 12.1. The predicted molar refractivity (Wildman–Crippen MR) is 131 cm³/mol. The molecule has 1 aliphatic heterocycles. The zero-order valence-corrected chi connectivity index (χ0v) is 22.7. The third kappa shape index (κ3) is 6.86. The van der Waals surface area contributed by atoms with Crippen molar-refractivity contribution >= 4 is 37.8 Å². The van der Waals surface area contributed by atoms with Gasteiger partial charge in [-0.05, 0) is 37.6 Å². The second-order valence-electron chi connectivity index (χ2n) is 8.77. The third-order valence-electron chi connectivity index (χ3n) is 5.78. The summed E-state index contributed by atoms with van der Waals surface area (Å²) >= 11 is 0. The summed E-state index contributed by atoms with van der Waals surface area (Å²) < 4.78 is 91.1. The van der Waals surface area contributed by atoms with E-state index in [2.05, 4.69) is 10.0 Å². The second kappa shape index (κ2) is 11.3. The number of aryl methyl sites for hydroxylation is 2. The molecule has 38 heavy (non-hydrogen) atoms. The lowest BCUT2D eigenvalue weighted by molar-refractivity contribution is 0.101. The average Bonchev–Trinajstić information content (AvgIpc) is 3.34. The maximum Gasteiger partial charge on any atom is 0.409 e. The number of carbonyl (C=O) groups is 2. The van der Waals surface area contributed by atoms with Crippen molar-refractivity contribution in [2.45, 2.75) is 24.8 Å². The number of anilines is 1. The van der Waals surface area contributed by atoms with Crippen LogP contribution in [0.15, 0.2) is 29.3 Å². The minimum atomic E-state index is -4.60. The summed E-state index contributed by atoms with van der Waals surface area (Å²) in [5, 5.41) is 2.40. The van der Waals surface area contributed by atoms with Crippen molar-refractivity contribution in [2.75, 3.05) is 37.9 Å². The van der Waals surface area contributed by atoms with Crippen LogP contribution in [0.5, 0.6) is 0 Å². The summed E-state index contributed by atoms with van der Waals surface area (Å²) in [5.74, 6) is -3.60. The predicted octanol–water partition coefficient (Wildman–Crippen LogP) is 1.58. The van der Waals surface area contributed by atoms with Crippen LogP contribution in [0, 0.1) is 24.5 Å². The van der Waals surface area contributed by atoms with Crippen molar-refractivity contribution in [3.8, 4) is 0 Å². The number of ether oxygens (including phenoxy) is 1. The summed E-state index contributed by atoms with van der Waals surface area (Å²) in [6.07, 6.45) is 0.992. The molecule has 2 heterocycles. The lowest BCUT2D eigenvalue weighted by Gasteiger charge is -2.18. The molecule has 0 unspecified atom stereocenters. The zero-order chi connectivity index (χ0) is 28.4. The summed E-state index contributed by atoms with van der Waals surface area (Å²) in [7, 11) is -7.20. The highest BCUT2D eigenvalue weighted by molar-refractivity contribution is 7.89. The molecule has 2 amide bonds. The molecular formula is C22H28F2N4O8S2. The summed E-state index contributed by atoms with van der Waals surface area (Å²) in [5.41, 5.74) is -0.176. The fraction of sp³-hybridized carbons (Fsp3) is 0.455. The van der Waals surface area contributed by atoms with Gasteiger partial charge < -0.3 is 19.5 Å². The number of amides is 2. The Morgan fingerprint density at radius 2 is 1.84 bits per heavy atom. The first kappa shape index (κ1) is 29.5. The van der Waals surface area contributed by atoms with E-state index in [4.69, 9.17) is 8.92 Å². The molecule has 12 nitrogen and oxygen atoms in total. The number of sulfonamides is 1. The average molecular weight is 579 g/mol. The fourth-order valence-corrected chi connectivity index (χ4v) is 5.78. The molecule has 0 radical (unpaired) electrons. The van der Waals surface area contributed by atoms with E-state index < -0.39 is 72.9 Å². The Bertz CT molecular complexity index is 1440. The van der Waals surface area contributed by atoms with E-state index in [0.717, 1.165) is 23.1 Å². The lowest BCUT2D eigenvalue weighted by atomic mass is 10.1. The molecule has 0 spiro atoms. The smallest absolute Gasteiger partial charge is 0.409 e. The fourth-order valence-electron chi connectivity index (χ4n) is 3.94. The van der Waals surface area contributed by atoms with E-state index >= 15 is 4.39 Å². The Hall–Kier alpha value is -3.08. The Morgan fingerprint density at radius 1 is 1.16 bits per heavy atom. The lowest BCUT2D eigenvalue weighted by Crippen LogP contribution is -2.42. The first-order valence-electron chi connectivity index (χ1n) is 11.3. The van der Waals surface area contributed by atoms with Crippen LogP contribution in [-0.4, -0.2) is 76.9 Å². The van der Waals surface area contributed by atoms with Crippen LogP contribution in [0.25, 0.3) is 0 Å². The Kier molecular flexibility index (Phi) is 8.80. The van der Waals surface area contributed by atoms with Gasteiger partial charge in [0.1, 0.15) is 16.4 Å². The Balaban J connectivity index is 1.84. The van der Waals surface area contributed by atoms with Gasteiger partial charge in [-0.1, -0.05) is 0 Å². The first-order chi connectivity index (χ1) is 17.6. The molecule has 1 aromatic carbocycles. The van der Waals surface area contributed by atoms with Crippen molar-refractivity contribution in [1.29, 1.82) is 0 Å². The van der Waals surface area contributed by atoms with Crippen LogP contribution in [0.4, 0.5) is 19.3 Å². The maximum atomic E-state index is 15.3. The highest BCUT2D eigenvalue weighted by Gasteiger charge is 2.40. The number of hydrogen-bond acceptors (Lipinski definition) is 8. The van der Waals surface area contributed by atoms with Gasteiger partial charge in [0.05, 0.1) is 19.5 Å². The van der Waals surface area contributed by atoms with Crippen LogP contribution in [0.2, 0.25) is 0 Å². The molecule has 2 N–H and O–H groups in total. The van der Waals surface area contributed by atoms with Gasteiger partial charge in [-0.2, -0.15) is 8.42 Å². The van der Waals surface area contributed by atoms with Gasteiger partial charge >= 0.3 is 6.09 Å². The number of nitrogens with one attached hydrogen (secondary N) is 2. The normalized spacial score (nSPS) is 18.0. The molecule has 210 valence electrons.